The van der Waals surface area contributed by atoms with Crippen LogP contribution in [0.4, 0.5) is 4.39 Å². The number of hydrogen-bond donors (Lipinski definition) is 1. The van der Waals surface area contributed by atoms with Gasteiger partial charge in [-0.05, 0) is 42.4 Å². The standard InChI is InChI=1S/C15H15BrFNS/c1-18-9-11-3-2-4-14(7-11)19-10-12-5-6-13(16)8-15(12)17/h2-8,18H,9-10H2,1H3. The summed E-state index contributed by atoms with van der Waals surface area (Å²) in [6.45, 7) is 0.848. The zero-order valence-electron chi connectivity index (χ0n) is 10.6. The van der Waals surface area contributed by atoms with Crippen molar-refractivity contribution in [3.05, 3.63) is 63.9 Å². The molecular weight excluding hydrogens is 325 g/mol. The summed E-state index contributed by atoms with van der Waals surface area (Å²) in [5, 5.41) is 3.13. The van der Waals surface area contributed by atoms with Gasteiger partial charge in [0.15, 0.2) is 0 Å². The average molecular weight is 340 g/mol. The van der Waals surface area contributed by atoms with Gasteiger partial charge in [-0.2, -0.15) is 0 Å². The Balaban J connectivity index is 2.03. The van der Waals surface area contributed by atoms with E-state index in [-0.39, 0.29) is 5.82 Å². The topological polar surface area (TPSA) is 12.0 Å². The van der Waals surface area contributed by atoms with Crippen LogP contribution < -0.4 is 5.32 Å². The van der Waals surface area contributed by atoms with Gasteiger partial charge in [0.05, 0.1) is 0 Å². The van der Waals surface area contributed by atoms with Gasteiger partial charge < -0.3 is 5.32 Å². The minimum atomic E-state index is -0.159. The van der Waals surface area contributed by atoms with Gasteiger partial charge in [0.1, 0.15) is 5.82 Å². The first-order valence-electron chi connectivity index (χ1n) is 5.99. The lowest BCUT2D eigenvalue weighted by atomic mass is 10.2. The van der Waals surface area contributed by atoms with Crippen molar-refractivity contribution in [3.63, 3.8) is 0 Å². The predicted molar refractivity (Wildman–Crippen MR) is 82.9 cm³/mol. The van der Waals surface area contributed by atoms with Gasteiger partial charge in [-0.25, -0.2) is 4.39 Å². The maximum atomic E-state index is 13.7. The lowest BCUT2D eigenvalue weighted by Crippen LogP contribution is -2.04. The molecule has 0 saturated heterocycles. The Hall–Kier alpha value is -0.840. The minimum Gasteiger partial charge on any atom is -0.316 e. The maximum Gasteiger partial charge on any atom is 0.128 e. The molecule has 0 aromatic heterocycles. The summed E-state index contributed by atoms with van der Waals surface area (Å²) in [6, 6.07) is 13.5. The van der Waals surface area contributed by atoms with Gasteiger partial charge in [-0.15, -0.1) is 11.8 Å². The molecule has 0 bridgehead atoms. The molecule has 0 heterocycles. The molecular formula is C15H15BrFNS. The Bertz CT molecular complexity index is 560. The summed E-state index contributed by atoms with van der Waals surface area (Å²) >= 11 is 4.92. The smallest absolute Gasteiger partial charge is 0.128 e. The van der Waals surface area contributed by atoms with Crippen LogP contribution in [0.25, 0.3) is 0 Å². The third kappa shape index (κ3) is 4.34. The highest BCUT2D eigenvalue weighted by Crippen LogP contribution is 2.26. The molecule has 0 amide bonds. The monoisotopic (exact) mass is 339 g/mol. The number of hydrogen-bond acceptors (Lipinski definition) is 2. The lowest BCUT2D eigenvalue weighted by molar-refractivity contribution is 0.616. The molecule has 0 fully saturated rings. The Morgan fingerprint density at radius 3 is 2.79 bits per heavy atom. The van der Waals surface area contributed by atoms with E-state index < -0.39 is 0 Å². The van der Waals surface area contributed by atoms with Crippen LogP contribution in [0.2, 0.25) is 0 Å². The number of rotatable bonds is 5. The largest absolute Gasteiger partial charge is 0.316 e. The first-order valence-corrected chi connectivity index (χ1v) is 7.77. The normalized spacial score (nSPS) is 10.7. The highest BCUT2D eigenvalue weighted by molar-refractivity contribution is 9.10. The van der Waals surface area contributed by atoms with Crippen molar-refractivity contribution in [2.45, 2.75) is 17.2 Å². The molecule has 19 heavy (non-hydrogen) atoms. The van der Waals surface area contributed by atoms with E-state index in [0.717, 1.165) is 21.5 Å². The molecule has 0 spiro atoms. The Labute approximate surface area is 125 Å². The molecule has 0 saturated carbocycles. The van der Waals surface area contributed by atoms with E-state index >= 15 is 0 Å². The lowest BCUT2D eigenvalue weighted by Gasteiger charge is -2.06. The fourth-order valence-electron chi connectivity index (χ4n) is 1.75. The molecule has 4 heteroatoms. The summed E-state index contributed by atoms with van der Waals surface area (Å²) in [6.07, 6.45) is 0. The van der Waals surface area contributed by atoms with Crippen molar-refractivity contribution < 1.29 is 4.39 Å². The number of thioether (sulfide) groups is 1. The highest BCUT2D eigenvalue weighted by Gasteiger charge is 2.04. The number of benzene rings is 2. The second-order valence-electron chi connectivity index (χ2n) is 4.20. The van der Waals surface area contributed by atoms with E-state index in [1.165, 1.54) is 11.6 Å². The van der Waals surface area contributed by atoms with E-state index in [9.17, 15) is 4.39 Å². The molecule has 100 valence electrons. The zero-order chi connectivity index (χ0) is 13.7. The quantitative estimate of drug-likeness (QED) is 0.799. The van der Waals surface area contributed by atoms with Crippen LogP contribution in [-0.2, 0) is 12.3 Å². The first kappa shape index (κ1) is 14.6. The summed E-state index contributed by atoms with van der Waals surface area (Å²) < 4.78 is 14.5. The van der Waals surface area contributed by atoms with Crippen LogP contribution in [0.15, 0.2) is 51.8 Å². The molecule has 0 unspecified atom stereocenters. The predicted octanol–water partition coefficient (Wildman–Crippen LogP) is 4.60. The van der Waals surface area contributed by atoms with Crippen LogP contribution >= 0.6 is 27.7 Å². The van der Waals surface area contributed by atoms with Crippen LogP contribution in [-0.4, -0.2) is 7.05 Å². The number of nitrogens with one attached hydrogen (secondary N) is 1. The third-order valence-electron chi connectivity index (χ3n) is 2.69. The molecule has 2 rings (SSSR count). The molecule has 0 aliphatic heterocycles. The Morgan fingerprint density at radius 1 is 1.21 bits per heavy atom. The zero-order valence-corrected chi connectivity index (χ0v) is 13.0. The summed E-state index contributed by atoms with van der Waals surface area (Å²) in [4.78, 5) is 1.16. The molecule has 0 radical (unpaired) electrons. The van der Waals surface area contributed by atoms with Crippen LogP contribution in [0, 0.1) is 5.82 Å². The first-order chi connectivity index (χ1) is 9.19. The second kappa shape index (κ2) is 7.08. The van der Waals surface area contributed by atoms with Crippen molar-refractivity contribution in [1.82, 2.24) is 5.32 Å². The van der Waals surface area contributed by atoms with E-state index in [0.29, 0.717) is 5.75 Å². The molecule has 0 atom stereocenters. The molecule has 0 aliphatic carbocycles. The van der Waals surface area contributed by atoms with Crippen LogP contribution in [0.3, 0.4) is 0 Å². The molecule has 2 aromatic carbocycles. The molecule has 0 aliphatic rings. The van der Waals surface area contributed by atoms with Gasteiger partial charge in [0, 0.05) is 21.7 Å². The second-order valence-corrected chi connectivity index (χ2v) is 6.17. The van der Waals surface area contributed by atoms with Crippen molar-refractivity contribution in [3.8, 4) is 0 Å². The van der Waals surface area contributed by atoms with Crippen LogP contribution in [0.5, 0.6) is 0 Å². The summed E-state index contributed by atoms with van der Waals surface area (Å²) in [5.41, 5.74) is 1.97. The van der Waals surface area contributed by atoms with Crippen molar-refractivity contribution in [2.24, 2.45) is 0 Å². The Morgan fingerprint density at radius 2 is 2.05 bits per heavy atom. The summed E-state index contributed by atoms with van der Waals surface area (Å²) in [7, 11) is 1.93. The van der Waals surface area contributed by atoms with Crippen molar-refractivity contribution in [2.75, 3.05) is 7.05 Å². The SMILES string of the molecule is CNCc1cccc(SCc2ccc(Br)cc2F)c1. The maximum absolute atomic E-state index is 13.7. The molecule has 1 N–H and O–H groups in total. The average Bonchev–Trinajstić information content (AvgIpc) is 2.38. The van der Waals surface area contributed by atoms with Crippen LogP contribution in [0.1, 0.15) is 11.1 Å². The minimum absolute atomic E-state index is 0.159. The molecule has 2 aromatic rings. The fourth-order valence-corrected chi connectivity index (χ4v) is 3.05. The van der Waals surface area contributed by atoms with E-state index in [2.05, 4.69) is 39.4 Å². The van der Waals surface area contributed by atoms with Gasteiger partial charge in [0.25, 0.3) is 0 Å². The highest BCUT2D eigenvalue weighted by atomic mass is 79.9. The van der Waals surface area contributed by atoms with E-state index in [1.54, 1.807) is 11.8 Å². The van der Waals surface area contributed by atoms with Crippen molar-refractivity contribution in [1.29, 1.82) is 0 Å². The molecule has 1 nitrogen and oxygen atoms in total. The van der Waals surface area contributed by atoms with Gasteiger partial charge >= 0.3 is 0 Å². The Kier molecular flexibility index (Phi) is 5.43. The number of halogens is 2. The van der Waals surface area contributed by atoms with Gasteiger partial charge in [-0.1, -0.05) is 34.1 Å². The van der Waals surface area contributed by atoms with Gasteiger partial charge in [-0.3, -0.25) is 0 Å². The van der Waals surface area contributed by atoms with Gasteiger partial charge in [0.2, 0.25) is 0 Å². The third-order valence-corrected chi connectivity index (χ3v) is 4.22. The van der Waals surface area contributed by atoms with E-state index in [4.69, 9.17) is 0 Å². The fraction of sp³-hybridized carbons (Fsp3) is 0.200. The van der Waals surface area contributed by atoms with Crippen molar-refractivity contribution >= 4 is 27.7 Å². The van der Waals surface area contributed by atoms with E-state index in [1.807, 2.05) is 25.2 Å². The summed E-state index contributed by atoms with van der Waals surface area (Å²) in [5.74, 6) is 0.482.